The van der Waals surface area contributed by atoms with Gasteiger partial charge < -0.3 is 9.50 Å². The fourth-order valence-corrected chi connectivity index (χ4v) is 5.21. The largest absolute Gasteiger partial charge is 0.384 e. The number of fused-ring (bicyclic) bond motifs is 2. The molecule has 0 amide bonds. The summed E-state index contributed by atoms with van der Waals surface area (Å²) < 4.78 is 31.5. The summed E-state index contributed by atoms with van der Waals surface area (Å²) in [6, 6.07) is 25.6. The SMILES string of the molecule is Cc1ccc(S(=O)(=O)Oc2ccc(NCCc3ccccc3)c3c2C(=O)c2ccccc2C3=O)cc1. The zero-order chi connectivity index (χ0) is 25.3. The molecule has 4 aromatic rings. The predicted molar refractivity (Wildman–Crippen MR) is 137 cm³/mol. The molecule has 0 bridgehead atoms. The molecular formula is C29H23NO5S. The van der Waals surface area contributed by atoms with Crippen molar-refractivity contribution in [2.45, 2.75) is 18.2 Å². The van der Waals surface area contributed by atoms with E-state index in [1.54, 1.807) is 42.5 Å². The lowest BCUT2D eigenvalue weighted by molar-refractivity contribution is 0.0978. The van der Waals surface area contributed by atoms with Gasteiger partial charge in [-0.05, 0) is 43.2 Å². The third-order valence-electron chi connectivity index (χ3n) is 6.12. The molecule has 0 radical (unpaired) electrons. The van der Waals surface area contributed by atoms with Crippen LogP contribution in [0.5, 0.6) is 5.75 Å². The van der Waals surface area contributed by atoms with Crippen LogP contribution in [0.25, 0.3) is 0 Å². The Kier molecular flexibility index (Phi) is 6.16. The summed E-state index contributed by atoms with van der Waals surface area (Å²) >= 11 is 0. The molecule has 1 N–H and O–H groups in total. The second kappa shape index (κ2) is 9.43. The van der Waals surface area contributed by atoms with Crippen molar-refractivity contribution < 1.29 is 22.2 Å². The third kappa shape index (κ3) is 4.41. The van der Waals surface area contributed by atoms with Crippen LogP contribution in [0.4, 0.5) is 5.69 Å². The Morgan fingerprint density at radius 3 is 2.00 bits per heavy atom. The van der Waals surface area contributed by atoms with Gasteiger partial charge in [0.05, 0.1) is 11.1 Å². The van der Waals surface area contributed by atoms with Crippen LogP contribution in [-0.2, 0) is 16.5 Å². The van der Waals surface area contributed by atoms with Crippen LogP contribution in [0.1, 0.15) is 43.0 Å². The van der Waals surface area contributed by atoms with Crippen molar-refractivity contribution in [2.75, 3.05) is 11.9 Å². The van der Waals surface area contributed by atoms with Gasteiger partial charge in [0, 0.05) is 23.4 Å². The van der Waals surface area contributed by atoms with Crippen molar-refractivity contribution in [1.82, 2.24) is 0 Å². The first-order chi connectivity index (χ1) is 17.3. The summed E-state index contributed by atoms with van der Waals surface area (Å²) in [6.07, 6.45) is 0.703. The van der Waals surface area contributed by atoms with Crippen LogP contribution in [-0.4, -0.2) is 26.5 Å². The summed E-state index contributed by atoms with van der Waals surface area (Å²) in [7, 11) is -4.23. The summed E-state index contributed by atoms with van der Waals surface area (Å²) in [5.41, 5.74) is 3.02. The number of carbonyl (C=O) groups is 2. The Labute approximate surface area is 209 Å². The van der Waals surface area contributed by atoms with E-state index in [0.717, 1.165) is 11.1 Å². The molecule has 0 aromatic heterocycles. The van der Waals surface area contributed by atoms with E-state index < -0.39 is 15.9 Å². The first-order valence-electron chi connectivity index (χ1n) is 11.5. The van der Waals surface area contributed by atoms with Gasteiger partial charge in [-0.2, -0.15) is 8.42 Å². The van der Waals surface area contributed by atoms with Gasteiger partial charge in [0.25, 0.3) is 0 Å². The zero-order valence-corrected chi connectivity index (χ0v) is 20.3. The van der Waals surface area contributed by atoms with Crippen LogP contribution in [0, 0.1) is 6.92 Å². The molecule has 1 aliphatic carbocycles. The van der Waals surface area contributed by atoms with E-state index in [4.69, 9.17) is 4.18 Å². The average molecular weight is 498 g/mol. The number of benzene rings is 4. The molecule has 5 rings (SSSR count). The van der Waals surface area contributed by atoms with Crippen molar-refractivity contribution in [2.24, 2.45) is 0 Å². The molecule has 0 saturated carbocycles. The maximum absolute atomic E-state index is 13.5. The first-order valence-corrected chi connectivity index (χ1v) is 12.9. The number of rotatable bonds is 7. The molecule has 0 atom stereocenters. The van der Waals surface area contributed by atoms with E-state index in [2.05, 4.69) is 5.32 Å². The molecule has 36 heavy (non-hydrogen) atoms. The standard InChI is InChI=1S/C29H23NO5S/c1-19-11-13-21(14-12-19)36(33,34)35-25-16-15-24(30-18-17-20-7-3-2-4-8-20)26-27(25)29(32)23-10-6-5-9-22(23)28(26)31/h2-16,30H,17-18H2,1H3. The van der Waals surface area contributed by atoms with E-state index >= 15 is 0 Å². The van der Waals surface area contributed by atoms with Crippen LogP contribution in [0.2, 0.25) is 0 Å². The smallest absolute Gasteiger partial charge is 0.339 e. The van der Waals surface area contributed by atoms with Crippen LogP contribution in [0.3, 0.4) is 0 Å². The van der Waals surface area contributed by atoms with Gasteiger partial charge >= 0.3 is 10.1 Å². The van der Waals surface area contributed by atoms with Crippen LogP contribution < -0.4 is 9.50 Å². The molecule has 0 unspecified atom stereocenters. The number of carbonyl (C=O) groups excluding carboxylic acids is 2. The molecular weight excluding hydrogens is 474 g/mol. The minimum absolute atomic E-state index is 0.0399. The minimum Gasteiger partial charge on any atom is -0.384 e. The topological polar surface area (TPSA) is 89.5 Å². The van der Waals surface area contributed by atoms with Crippen LogP contribution in [0.15, 0.2) is 95.9 Å². The minimum atomic E-state index is -4.23. The summed E-state index contributed by atoms with van der Waals surface area (Å²) in [5, 5.41) is 3.25. The van der Waals surface area contributed by atoms with Gasteiger partial charge in [-0.15, -0.1) is 0 Å². The molecule has 0 saturated heterocycles. The molecule has 0 spiro atoms. The third-order valence-corrected chi connectivity index (χ3v) is 7.37. The second-order valence-corrected chi connectivity index (χ2v) is 10.1. The first kappa shape index (κ1) is 23.5. The normalized spacial score (nSPS) is 12.6. The fraction of sp³-hybridized carbons (Fsp3) is 0.103. The molecule has 180 valence electrons. The quantitative estimate of drug-likeness (QED) is 0.311. The molecule has 1 aliphatic rings. The van der Waals surface area contributed by atoms with E-state index in [9.17, 15) is 18.0 Å². The molecule has 6 nitrogen and oxygen atoms in total. The number of nitrogens with one attached hydrogen (secondary N) is 1. The summed E-state index contributed by atoms with van der Waals surface area (Å²) in [4.78, 5) is 27.0. The lowest BCUT2D eigenvalue weighted by Gasteiger charge is -2.23. The van der Waals surface area contributed by atoms with Crippen molar-refractivity contribution in [3.05, 3.63) is 124 Å². The number of hydrogen-bond acceptors (Lipinski definition) is 6. The van der Waals surface area contributed by atoms with Gasteiger partial charge in [0.2, 0.25) is 0 Å². The van der Waals surface area contributed by atoms with Gasteiger partial charge in [0.1, 0.15) is 4.90 Å². The molecule has 7 heteroatoms. The highest BCUT2D eigenvalue weighted by Gasteiger charge is 2.35. The van der Waals surface area contributed by atoms with Crippen molar-refractivity contribution in [3.8, 4) is 5.75 Å². The fourth-order valence-electron chi connectivity index (χ4n) is 4.27. The zero-order valence-electron chi connectivity index (χ0n) is 19.5. The maximum Gasteiger partial charge on any atom is 0.339 e. The molecule has 4 aromatic carbocycles. The Bertz CT molecular complexity index is 1580. The highest BCUT2D eigenvalue weighted by atomic mass is 32.2. The van der Waals surface area contributed by atoms with Crippen LogP contribution >= 0.6 is 0 Å². The van der Waals surface area contributed by atoms with E-state index in [0.29, 0.717) is 18.7 Å². The van der Waals surface area contributed by atoms with E-state index in [1.165, 1.54) is 18.2 Å². The van der Waals surface area contributed by atoms with Gasteiger partial charge in [0.15, 0.2) is 17.3 Å². The lowest BCUT2D eigenvalue weighted by Crippen LogP contribution is -2.24. The van der Waals surface area contributed by atoms with Crippen molar-refractivity contribution in [1.29, 1.82) is 0 Å². The number of aryl methyl sites for hydroxylation is 1. The predicted octanol–water partition coefficient (Wildman–Crippen LogP) is 5.19. The Morgan fingerprint density at radius 2 is 1.33 bits per heavy atom. The summed E-state index contributed by atoms with van der Waals surface area (Å²) in [5.74, 6) is -0.992. The molecule has 0 fully saturated rings. The van der Waals surface area contributed by atoms with Gasteiger partial charge in [-0.3, -0.25) is 9.59 Å². The number of hydrogen-bond donors (Lipinski definition) is 1. The highest BCUT2D eigenvalue weighted by Crippen LogP contribution is 2.38. The molecule has 0 aliphatic heterocycles. The maximum atomic E-state index is 13.5. The Balaban J connectivity index is 1.55. The monoisotopic (exact) mass is 497 g/mol. The lowest BCUT2D eigenvalue weighted by atomic mass is 9.82. The van der Waals surface area contributed by atoms with Crippen molar-refractivity contribution in [3.63, 3.8) is 0 Å². The second-order valence-electron chi connectivity index (χ2n) is 8.58. The van der Waals surface area contributed by atoms with Crippen molar-refractivity contribution >= 4 is 27.4 Å². The molecule has 0 heterocycles. The Hall–Kier alpha value is -4.23. The van der Waals surface area contributed by atoms with Gasteiger partial charge in [-0.1, -0.05) is 72.3 Å². The van der Waals surface area contributed by atoms with E-state index in [-0.39, 0.29) is 38.7 Å². The number of anilines is 1. The average Bonchev–Trinajstić information content (AvgIpc) is 2.88. The summed E-state index contributed by atoms with van der Waals surface area (Å²) in [6.45, 7) is 2.36. The highest BCUT2D eigenvalue weighted by molar-refractivity contribution is 7.87. The Morgan fingerprint density at radius 1 is 0.722 bits per heavy atom. The van der Waals surface area contributed by atoms with Gasteiger partial charge in [-0.25, -0.2) is 0 Å². The van der Waals surface area contributed by atoms with E-state index in [1.807, 2.05) is 37.3 Å². The number of ketones is 2.